The molecule has 3 heterocycles. The molecule has 1 fully saturated rings. The average molecular weight is 561 g/mol. The van der Waals surface area contributed by atoms with Crippen molar-refractivity contribution in [2.45, 2.75) is 51.3 Å². The molecule has 0 bridgehead atoms. The van der Waals surface area contributed by atoms with Gasteiger partial charge in [-0.1, -0.05) is 36.4 Å². The molecule has 0 saturated carbocycles. The molecular weight excluding hydrogens is 528 g/mol. The number of hydrogen-bond acceptors (Lipinski definition) is 8. The van der Waals surface area contributed by atoms with E-state index >= 15 is 0 Å². The van der Waals surface area contributed by atoms with E-state index in [1.807, 2.05) is 30.3 Å². The summed E-state index contributed by atoms with van der Waals surface area (Å²) in [5.74, 6) is -1.21. The number of aliphatic hydroxyl groups is 2. The van der Waals surface area contributed by atoms with Gasteiger partial charge in [-0.15, -0.1) is 5.10 Å². The normalized spacial score (nSPS) is 19.4. The number of hydrogen-bond donors (Lipinski definition) is 2. The van der Waals surface area contributed by atoms with Gasteiger partial charge in [-0.2, -0.15) is 0 Å². The van der Waals surface area contributed by atoms with E-state index in [1.54, 1.807) is 28.8 Å². The third-order valence-electron chi connectivity index (χ3n) is 7.66. The highest BCUT2D eigenvalue weighted by Gasteiger charge is 2.53. The van der Waals surface area contributed by atoms with Crippen LogP contribution < -0.4 is 9.80 Å². The van der Waals surface area contributed by atoms with Crippen LogP contribution in [-0.4, -0.2) is 55.1 Å². The van der Waals surface area contributed by atoms with Crippen molar-refractivity contribution in [2.24, 2.45) is 5.92 Å². The SMILES string of the molecule is C[C@H](/C=C/CCn1cc(CCO)nn1)[C@@]1(O)C(=O)N(Cc2cccc(N3CCCC3=O)c2)c2ccc([N+](=O)[O-])cc21. The molecule has 0 unspecified atom stereocenters. The smallest absolute Gasteiger partial charge is 0.269 e. The maximum Gasteiger partial charge on any atom is 0.269 e. The monoisotopic (exact) mass is 560 g/mol. The molecule has 2 aromatic carbocycles. The Morgan fingerprint density at radius 2 is 2.05 bits per heavy atom. The van der Waals surface area contributed by atoms with Gasteiger partial charge in [0.2, 0.25) is 5.91 Å². The van der Waals surface area contributed by atoms with Crippen LogP contribution in [0.3, 0.4) is 0 Å². The Labute approximate surface area is 236 Å². The topological polar surface area (TPSA) is 155 Å². The zero-order valence-corrected chi connectivity index (χ0v) is 22.7. The summed E-state index contributed by atoms with van der Waals surface area (Å²) >= 11 is 0. The molecule has 2 aliphatic rings. The van der Waals surface area contributed by atoms with Crippen molar-refractivity contribution < 1.29 is 24.7 Å². The largest absolute Gasteiger partial charge is 0.396 e. The number of carbonyl (C=O) groups excluding carboxylic acids is 2. The van der Waals surface area contributed by atoms with Crippen molar-refractivity contribution in [3.05, 3.63) is 87.7 Å². The molecule has 2 atom stereocenters. The number of anilines is 2. The lowest BCUT2D eigenvalue weighted by Crippen LogP contribution is -2.44. The van der Waals surface area contributed by atoms with Crippen LogP contribution in [0.2, 0.25) is 0 Å². The number of nitro groups is 1. The van der Waals surface area contributed by atoms with Crippen molar-refractivity contribution in [2.75, 3.05) is 23.0 Å². The number of nitro benzene ring substituents is 1. The molecule has 1 saturated heterocycles. The summed E-state index contributed by atoms with van der Waals surface area (Å²) in [7, 11) is 0. The second-order valence-corrected chi connectivity index (χ2v) is 10.4. The third kappa shape index (κ3) is 5.48. The van der Waals surface area contributed by atoms with Gasteiger partial charge < -0.3 is 20.0 Å². The van der Waals surface area contributed by atoms with Gasteiger partial charge in [0, 0.05) is 68.0 Å². The molecule has 0 aliphatic carbocycles. The minimum atomic E-state index is -2.01. The first-order valence-corrected chi connectivity index (χ1v) is 13.6. The maximum atomic E-state index is 13.9. The molecule has 0 radical (unpaired) electrons. The minimum Gasteiger partial charge on any atom is -0.396 e. The number of non-ortho nitro benzene ring substituents is 1. The van der Waals surface area contributed by atoms with Crippen molar-refractivity contribution in [3.63, 3.8) is 0 Å². The molecule has 1 aromatic heterocycles. The van der Waals surface area contributed by atoms with E-state index in [-0.39, 0.29) is 30.3 Å². The van der Waals surface area contributed by atoms with Crippen LogP contribution in [0.5, 0.6) is 0 Å². The number of amides is 2. The number of allylic oxidation sites excluding steroid dienone is 1. The molecule has 5 rings (SSSR count). The van der Waals surface area contributed by atoms with Crippen molar-refractivity contribution >= 4 is 28.9 Å². The lowest BCUT2D eigenvalue weighted by atomic mass is 9.82. The fourth-order valence-corrected chi connectivity index (χ4v) is 5.46. The van der Waals surface area contributed by atoms with Crippen LogP contribution in [0.4, 0.5) is 17.1 Å². The molecular formula is C29H32N6O6. The summed E-state index contributed by atoms with van der Waals surface area (Å²) in [6.07, 6.45) is 7.58. The number of aliphatic hydroxyl groups excluding tert-OH is 1. The molecule has 41 heavy (non-hydrogen) atoms. The van der Waals surface area contributed by atoms with Crippen LogP contribution in [0.1, 0.15) is 43.0 Å². The fraction of sp³-hybridized carbons (Fsp3) is 0.379. The van der Waals surface area contributed by atoms with Gasteiger partial charge in [-0.3, -0.25) is 24.4 Å². The Kier molecular flexibility index (Phi) is 7.95. The molecule has 0 spiro atoms. The highest BCUT2D eigenvalue weighted by Crippen LogP contribution is 2.47. The molecule has 2 aliphatic heterocycles. The summed E-state index contributed by atoms with van der Waals surface area (Å²) in [5.41, 5.74) is 0.569. The molecule has 3 aromatic rings. The van der Waals surface area contributed by atoms with Crippen LogP contribution in [0.25, 0.3) is 0 Å². The van der Waals surface area contributed by atoms with E-state index in [0.29, 0.717) is 43.7 Å². The number of benzene rings is 2. The van der Waals surface area contributed by atoms with Crippen molar-refractivity contribution in [3.8, 4) is 0 Å². The van der Waals surface area contributed by atoms with Crippen LogP contribution >= 0.6 is 0 Å². The Balaban J connectivity index is 1.38. The number of nitrogens with zero attached hydrogens (tertiary/aromatic N) is 6. The number of aromatic nitrogens is 3. The summed E-state index contributed by atoms with van der Waals surface area (Å²) < 4.78 is 1.65. The van der Waals surface area contributed by atoms with E-state index in [4.69, 9.17) is 5.11 Å². The van der Waals surface area contributed by atoms with Gasteiger partial charge in [-0.05, 0) is 36.6 Å². The second kappa shape index (κ2) is 11.6. The number of fused-ring (bicyclic) bond motifs is 1. The lowest BCUT2D eigenvalue weighted by molar-refractivity contribution is -0.385. The number of rotatable bonds is 11. The molecule has 214 valence electrons. The zero-order chi connectivity index (χ0) is 29.1. The Bertz CT molecular complexity index is 1500. The molecule has 2 N–H and O–H groups in total. The quantitative estimate of drug-likeness (QED) is 0.206. The van der Waals surface area contributed by atoms with Gasteiger partial charge in [0.1, 0.15) is 0 Å². The third-order valence-corrected chi connectivity index (χ3v) is 7.66. The summed E-state index contributed by atoms with van der Waals surface area (Å²) in [4.78, 5) is 40.3. The summed E-state index contributed by atoms with van der Waals surface area (Å²) in [6.45, 7) is 2.97. The zero-order valence-electron chi connectivity index (χ0n) is 22.7. The van der Waals surface area contributed by atoms with Crippen molar-refractivity contribution in [1.82, 2.24) is 15.0 Å². The first kappa shape index (κ1) is 28.1. The number of carbonyl (C=O) groups is 2. The van der Waals surface area contributed by atoms with E-state index in [9.17, 15) is 24.8 Å². The van der Waals surface area contributed by atoms with Gasteiger partial charge >= 0.3 is 0 Å². The summed E-state index contributed by atoms with van der Waals surface area (Å²) in [5, 5.41) is 40.5. The van der Waals surface area contributed by atoms with Gasteiger partial charge in [0.25, 0.3) is 11.6 Å². The Morgan fingerprint density at radius 3 is 2.78 bits per heavy atom. The van der Waals surface area contributed by atoms with E-state index in [1.165, 1.54) is 23.1 Å². The molecule has 12 heteroatoms. The van der Waals surface area contributed by atoms with Gasteiger partial charge in [0.05, 0.1) is 22.8 Å². The van der Waals surface area contributed by atoms with E-state index in [0.717, 1.165) is 17.7 Å². The highest BCUT2D eigenvalue weighted by molar-refractivity contribution is 6.07. The number of aryl methyl sites for hydroxylation is 1. The van der Waals surface area contributed by atoms with E-state index < -0.39 is 22.3 Å². The molecule has 2 amide bonds. The predicted octanol–water partition coefficient (Wildman–Crippen LogP) is 2.86. The Morgan fingerprint density at radius 1 is 1.22 bits per heavy atom. The second-order valence-electron chi connectivity index (χ2n) is 10.4. The summed E-state index contributed by atoms with van der Waals surface area (Å²) in [6, 6.07) is 11.5. The lowest BCUT2D eigenvalue weighted by Gasteiger charge is -2.27. The first-order chi connectivity index (χ1) is 19.7. The standard InChI is InChI=1S/C29H32N6O6/c1-20(6-2-3-13-32-19-22(12-15-36)30-31-32)29(39)25-17-24(35(40)41)10-11-26(25)34(28(29)38)18-21-7-4-8-23(16-21)33-14-5-9-27(33)37/h2,4,6-8,10-11,16-17,19-20,36,39H,3,5,9,12-15,18H2,1H3/b6-2+/t20-,29+/m1/s1. The van der Waals surface area contributed by atoms with Crippen LogP contribution in [0, 0.1) is 16.0 Å². The fourth-order valence-electron chi connectivity index (χ4n) is 5.46. The molecule has 12 nitrogen and oxygen atoms in total. The minimum absolute atomic E-state index is 0.0110. The first-order valence-electron chi connectivity index (χ1n) is 13.6. The van der Waals surface area contributed by atoms with E-state index in [2.05, 4.69) is 10.3 Å². The van der Waals surface area contributed by atoms with Crippen LogP contribution in [-0.2, 0) is 34.7 Å². The predicted molar refractivity (Wildman–Crippen MR) is 150 cm³/mol. The maximum absolute atomic E-state index is 13.9. The van der Waals surface area contributed by atoms with Crippen LogP contribution in [0.15, 0.2) is 60.8 Å². The highest BCUT2D eigenvalue weighted by atomic mass is 16.6. The van der Waals surface area contributed by atoms with Gasteiger partial charge in [0.15, 0.2) is 5.60 Å². The Hall–Kier alpha value is -4.42. The van der Waals surface area contributed by atoms with Gasteiger partial charge in [-0.25, -0.2) is 0 Å². The average Bonchev–Trinajstić information content (AvgIpc) is 3.66. The van der Waals surface area contributed by atoms with Crippen molar-refractivity contribution in [1.29, 1.82) is 0 Å².